The van der Waals surface area contributed by atoms with E-state index in [-0.39, 0.29) is 18.4 Å². The van der Waals surface area contributed by atoms with Crippen LogP contribution in [0.2, 0.25) is 5.02 Å². The molecule has 1 N–H and O–H groups in total. The van der Waals surface area contributed by atoms with Gasteiger partial charge in [-0.1, -0.05) is 48.9 Å². The van der Waals surface area contributed by atoms with E-state index < -0.39 is 6.04 Å². The molecule has 1 saturated heterocycles. The Morgan fingerprint density at radius 3 is 2.71 bits per heavy atom. The molecule has 35 heavy (non-hydrogen) atoms. The summed E-state index contributed by atoms with van der Waals surface area (Å²) < 4.78 is 1.72. The number of piperidine rings is 1. The molecule has 8 heteroatoms. The average Bonchev–Trinajstić information content (AvgIpc) is 3.37. The summed E-state index contributed by atoms with van der Waals surface area (Å²) in [6.07, 6.45) is 8.45. The molecule has 1 aliphatic rings. The second-order valence-electron chi connectivity index (χ2n) is 8.90. The quantitative estimate of drug-likeness (QED) is 0.456. The predicted molar refractivity (Wildman–Crippen MR) is 139 cm³/mol. The maximum absolute atomic E-state index is 13.2. The summed E-state index contributed by atoms with van der Waals surface area (Å²) in [5.74, 6) is -0.255. The third-order valence-electron chi connectivity index (χ3n) is 6.27. The van der Waals surface area contributed by atoms with Gasteiger partial charge in [-0.05, 0) is 49.4 Å². The number of rotatable bonds is 9. The summed E-state index contributed by atoms with van der Waals surface area (Å²) in [7, 11) is 0. The highest BCUT2D eigenvalue weighted by Crippen LogP contribution is 2.31. The van der Waals surface area contributed by atoms with E-state index in [1.165, 1.54) is 5.56 Å². The number of carbonyl (C=O) groups excluding carboxylic acids is 2. The zero-order valence-electron chi connectivity index (χ0n) is 20.1. The zero-order chi connectivity index (χ0) is 24.6. The van der Waals surface area contributed by atoms with E-state index in [9.17, 15) is 9.59 Å². The van der Waals surface area contributed by atoms with Gasteiger partial charge in [0.1, 0.15) is 12.6 Å². The van der Waals surface area contributed by atoms with Crippen molar-refractivity contribution in [3.05, 3.63) is 77.8 Å². The Labute approximate surface area is 211 Å². The number of anilines is 2. The minimum absolute atomic E-state index is 0.0765. The summed E-state index contributed by atoms with van der Waals surface area (Å²) in [5, 5.41) is 3.58. The number of hydrogen-bond acceptors (Lipinski definition) is 4. The van der Waals surface area contributed by atoms with Crippen LogP contribution in [-0.2, 0) is 22.7 Å². The second-order valence-corrected chi connectivity index (χ2v) is 9.30. The van der Waals surface area contributed by atoms with Gasteiger partial charge in [-0.15, -0.1) is 0 Å². The molecule has 1 aliphatic heterocycles. The van der Waals surface area contributed by atoms with E-state index in [4.69, 9.17) is 11.6 Å². The molecule has 0 spiro atoms. The van der Waals surface area contributed by atoms with E-state index in [0.29, 0.717) is 23.7 Å². The van der Waals surface area contributed by atoms with Crippen LogP contribution < -0.4 is 10.2 Å². The molecule has 7 nitrogen and oxygen atoms in total. The standard InChI is InChI=1S/C27H32ClN5O2/c1-2-14-32(18-21-8-4-3-5-9-21)24-12-11-22(17-23(24)28)30-27(35)25-10-6-7-15-33(25)26(34)19-31-16-13-29-20-31/h3-5,8-9,11-13,16-17,20,25H,2,6-7,10,14-15,18-19H2,1H3,(H,30,35)/t25-/m1/s1. The van der Waals surface area contributed by atoms with Crippen LogP contribution in [0.15, 0.2) is 67.3 Å². The summed E-state index contributed by atoms with van der Waals surface area (Å²) in [4.78, 5) is 34.0. The van der Waals surface area contributed by atoms with Gasteiger partial charge in [-0.25, -0.2) is 4.98 Å². The van der Waals surface area contributed by atoms with Gasteiger partial charge < -0.3 is 19.7 Å². The number of imidazole rings is 1. The van der Waals surface area contributed by atoms with E-state index >= 15 is 0 Å². The molecule has 1 atom stereocenters. The van der Waals surface area contributed by atoms with Crippen molar-refractivity contribution in [3.8, 4) is 0 Å². The molecule has 1 aromatic heterocycles. The van der Waals surface area contributed by atoms with Gasteiger partial charge >= 0.3 is 0 Å². The Morgan fingerprint density at radius 1 is 1.17 bits per heavy atom. The van der Waals surface area contributed by atoms with Gasteiger partial charge in [-0.2, -0.15) is 0 Å². The molecule has 0 bridgehead atoms. The van der Waals surface area contributed by atoms with Crippen molar-refractivity contribution in [1.29, 1.82) is 0 Å². The normalized spacial score (nSPS) is 15.6. The highest BCUT2D eigenvalue weighted by molar-refractivity contribution is 6.33. The fraction of sp³-hybridized carbons (Fsp3) is 0.370. The van der Waals surface area contributed by atoms with Gasteiger partial charge in [-0.3, -0.25) is 9.59 Å². The van der Waals surface area contributed by atoms with Crippen LogP contribution in [0, 0.1) is 0 Å². The molecule has 184 valence electrons. The SMILES string of the molecule is CCCN(Cc1ccccc1)c1ccc(NC(=O)[C@H]2CCCCN2C(=O)Cn2ccnc2)cc1Cl. The molecular formula is C27H32ClN5O2. The van der Waals surface area contributed by atoms with E-state index in [2.05, 4.69) is 34.3 Å². The lowest BCUT2D eigenvalue weighted by Crippen LogP contribution is -2.50. The Bertz CT molecular complexity index is 1120. The largest absolute Gasteiger partial charge is 0.366 e. The van der Waals surface area contributed by atoms with Gasteiger partial charge in [0, 0.05) is 37.7 Å². The fourth-order valence-electron chi connectivity index (χ4n) is 4.56. The van der Waals surface area contributed by atoms with Crippen LogP contribution in [0.4, 0.5) is 11.4 Å². The molecule has 3 aromatic rings. The van der Waals surface area contributed by atoms with E-state index in [1.807, 2.05) is 30.3 Å². The Morgan fingerprint density at radius 2 is 2.00 bits per heavy atom. The summed E-state index contributed by atoms with van der Waals surface area (Å²) in [6, 6.07) is 15.4. The number of benzene rings is 2. The molecule has 2 amide bonds. The molecule has 0 unspecified atom stereocenters. The van der Waals surface area contributed by atoms with Crippen molar-refractivity contribution >= 4 is 34.8 Å². The Kier molecular flexibility index (Phi) is 8.42. The summed E-state index contributed by atoms with van der Waals surface area (Å²) >= 11 is 6.69. The van der Waals surface area contributed by atoms with Crippen molar-refractivity contribution < 1.29 is 9.59 Å². The van der Waals surface area contributed by atoms with Crippen molar-refractivity contribution in [2.75, 3.05) is 23.3 Å². The maximum Gasteiger partial charge on any atom is 0.247 e. The fourth-order valence-corrected chi connectivity index (χ4v) is 4.86. The van der Waals surface area contributed by atoms with Gasteiger partial charge in [0.25, 0.3) is 0 Å². The zero-order valence-corrected chi connectivity index (χ0v) is 20.8. The number of nitrogens with zero attached hydrogens (tertiary/aromatic N) is 4. The van der Waals surface area contributed by atoms with Crippen LogP contribution in [0.1, 0.15) is 38.2 Å². The predicted octanol–water partition coefficient (Wildman–Crippen LogP) is 4.97. The lowest BCUT2D eigenvalue weighted by atomic mass is 10.0. The number of hydrogen-bond donors (Lipinski definition) is 1. The Hall–Kier alpha value is -3.32. The third kappa shape index (κ3) is 6.42. The summed E-state index contributed by atoms with van der Waals surface area (Å²) in [6.45, 7) is 4.53. The summed E-state index contributed by atoms with van der Waals surface area (Å²) in [5.41, 5.74) is 2.78. The lowest BCUT2D eigenvalue weighted by Gasteiger charge is -2.35. The van der Waals surface area contributed by atoms with Gasteiger partial charge in [0.05, 0.1) is 17.0 Å². The lowest BCUT2D eigenvalue weighted by molar-refractivity contribution is -0.140. The Balaban J connectivity index is 1.44. The smallest absolute Gasteiger partial charge is 0.247 e. The minimum atomic E-state index is -0.493. The number of likely N-dealkylation sites (tertiary alicyclic amines) is 1. The van der Waals surface area contributed by atoms with Gasteiger partial charge in [0.2, 0.25) is 11.8 Å². The topological polar surface area (TPSA) is 70.5 Å². The van der Waals surface area contributed by atoms with Crippen LogP contribution in [0.3, 0.4) is 0 Å². The van der Waals surface area contributed by atoms with Crippen LogP contribution in [0.5, 0.6) is 0 Å². The molecular weight excluding hydrogens is 462 g/mol. The molecule has 2 heterocycles. The number of carbonyl (C=O) groups is 2. The third-order valence-corrected chi connectivity index (χ3v) is 6.57. The molecule has 4 rings (SSSR count). The second kappa shape index (κ2) is 11.9. The molecule has 0 saturated carbocycles. The highest BCUT2D eigenvalue weighted by Gasteiger charge is 2.32. The van der Waals surface area contributed by atoms with Crippen molar-refractivity contribution in [1.82, 2.24) is 14.5 Å². The first-order valence-corrected chi connectivity index (χ1v) is 12.6. The molecule has 0 aliphatic carbocycles. The first kappa shape index (κ1) is 24.8. The first-order chi connectivity index (χ1) is 17.0. The average molecular weight is 494 g/mol. The maximum atomic E-state index is 13.2. The number of halogens is 1. The minimum Gasteiger partial charge on any atom is -0.366 e. The monoisotopic (exact) mass is 493 g/mol. The number of amides is 2. The first-order valence-electron chi connectivity index (χ1n) is 12.2. The van der Waals surface area contributed by atoms with E-state index in [0.717, 1.165) is 38.0 Å². The van der Waals surface area contributed by atoms with Crippen molar-refractivity contribution in [3.63, 3.8) is 0 Å². The van der Waals surface area contributed by atoms with Crippen LogP contribution in [0.25, 0.3) is 0 Å². The highest BCUT2D eigenvalue weighted by atomic mass is 35.5. The number of aromatic nitrogens is 2. The van der Waals surface area contributed by atoms with Crippen LogP contribution in [-0.4, -0.2) is 45.4 Å². The van der Waals surface area contributed by atoms with Gasteiger partial charge in [0.15, 0.2) is 0 Å². The molecule has 1 fully saturated rings. The molecule has 2 aromatic carbocycles. The van der Waals surface area contributed by atoms with Crippen molar-refractivity contribution in [2.45, 2.75) is 51.7 Å². The van der Waals surface area contributed by atoms with Crippen LogP contribution >= 0.6 is 11.6 Å². The molecule has 0 radical (unpaired) electrons. The number of nitrogens with one attached hydrogen (secondary N) is 1. The van der Waals surface area contributed by atoms with Crippen molar-refractivity contribution in [2.24, 2.45) is 0 Å². The van der Waals surface area contributed by atoms with E-state index in [1.54, 1.807) is 34.3 Å².